The fourth-order valence-corrected chi connectivity index (χ4v) is 3.31. The topological polar surface area (TPSA) is 94.3 Å². The lowest BCUT2D eigenvalue weighted by Crippen LogP contribution is -2.17. The van der Waals surface area contributed by atoms with Gasteiger partial charge in [-0.05, 0) is 36.6 Å². The largest absolute Gasteiger partial charge is 0.462 e. The third-order valence-electron chi connectivity index (χ3n) is 4.26. The number of anilines is 1. The molecule has 1 N–H and O–H groups in total. The molecule has 3 rings (SSSR count). The number of nitrogens with zero attached hydrogens (tertiary/aromatic N) is 2. The summed E-state index contributed by atoms with van der Waals surface area (Å²) < 4.78 is 10.6. The summed E-state index contributed by atoms with van der Waals surface area (Å²) in [5.41, 5.74) is 3.08. The maximum Gasteiger partial charge on any atom is 0.340 e. The van der Waals surface area contributed by atoms with Crippen LogP contribution in [0.2, 0.25) is 0 Å². The first-order valence-electron chi connectivity index (χ1n) is 9.68. The van der Waals surface area contributed by atoms with Gasteiger partial charge in [-0.15, -0.1) is 10.2 Å². The number of esters is 1. The van der Waals surface area contributed by atoms with Gasteiger partial charge >= 0.3 is 5.97 Å². The summed E-state index contributed by atoms with van der Waals surface area (Å²) in [4.78, 5) is 24.3. The van der Waals surface area contributed by atoms with E-state index in [2.05, 4.69) is 34.6 Å². The van der Waals surface area contributed by atoms with Crippen LogP contribution in [0.5, 0.6) is 0 Å². The maximum absolute atomic E-state index is 12.3. The van der Waals surface area contributed by atoms with E-state index in [-0.39, 0.29) is 18.3 Å². The van der Waals surface area contributed by atoms with Crippen LogP contribution < -0.4 is 5.32 Å². The van der Waals surface area contributed by atoms with Crippen molar-refractivity contribution in [3.63, 3.8) is 0 Å². The molecule has 8 heteroatoms. The summed E-state index contributed by atoms with van der Waals surface area (Å²) >= 11 is 1.14. The SMILES string of the molecule is CCOC(=O)c1ccccc1NC(=O)CSc1nnc(Cc2ccc(CC)cc2)o1. The van der Waals surface area contributed by atoms with Crippen molar-refractivity contribution in [3.8, 4) is 0 Å². The highest BCUT2D eigenvalue weighted by Crippen LogP contribution is 2.20. The zero-order valence-electron chi connectivity index (χ0n) is 16.9. The van der Waals surface area contributed by atoms with Crippen molar-refractivity contribution >= 4 is 29.3 Å². The molecular weight excluding hydrogens is 402 g/mol. The molecule has 3 aromatic rings. The van der Waals surface area contributed by atoms with E-state index in [1.807, 2.05) is 12.1 Å². The van der Waals surface area contributed by atoms with E-state index >= 15 is 0 Å². The van der Waals surface area contributed by atoms with Crippen molar-refractivity contribution < 1.29 is 18.7 Å². The minimum atomic E-state index is -0.477. The fourth-order valence-electron chi connectivity index (χ4n) is 2.73. The van der Waals surface area contributed by atoms with E-state index in [1.54, 1.807) is 31.2 Å². The zero-order valence-corrected chi connectivity index (χ0v) is 17.7. The van der Waals surface area contributed by atoms with E-state index in [4.69, 9.17) is 9.15 Å². The molecule has 0 saturated carbocycles. The van der Waals surface area contributed by atoms with Gasteiger partial charge in [0.15, 0.2) is 0 Å². The minimum Gasteiger partial charge on any atom is -0.462 e. The number of aromatic nitrogens is 2. The molecule has 0 atom stereocenters. The van der Waals surface area contributed by atoms with Crippen LogP contribution in [-0.4, -0.2) is 34.4 Å². The van der Waals surface area contributed by atoms with Crippen molar-refractivity contribution in [1.29, 1.82) is 0 Å². The number of carbonyl (C=O) groups is 2. The molecule has 156 valence electrons. The zero-order chi connectivity index (χ0) is 21.3. The molecule has 1 aromatic heterocycles. The first-order chi connectivity index (χ1) is 14.6. The number of aryl methyl sites for hydroxylation is 1. The predicted molar refractivity (Wildman–Crippen MR) is 115 cm³/mol. The van der Waals surface area contributed by atoms with Crippen LogP contribution in [0.3, 0.4) is 0 Å². The second-order valence-corrected chi connectivity index (χ2v) is 7.34. The Kier molecular flexibility index (Phi) is 7.62. The summed E-state index contributed by atoms with van der Waals surface area (Å²) in [5.74, 6) is -0.194. The number of carbonyl (C=O) groups excluding carboxylic acids is 2. The van der Waals surface area contributed by atoms with Gasteiger partial charge in [0, 0.05) is 0 Å². The molecule has 0 aliphatic carbocycles. The number of nitrogens with one attached hydrogen (secondary N) is 1. The van der Waals surface area contributed by atoms with Gasteiger partial charge in [0.25, 0.3) is 5.22 Å². The van der Waals surface area contributed by atoms with Crippen LogP contribution in [0.4, 0.5) is 5.69 Å². The lowest BCUT2D eigenvalue weighted by atomic mass is 10.1. The summed E-state index contributed by atoms with van der Waals surface area (Å²) in [6.45, 7) is 4.11. The molecule has 0 bridgehead atoms. The number of hydrogen-bond acceptors (Lipinski definition) is 7. The van der Waals surface area contributed by atoms with E-state index < -0.39 is 5.97 Å². The standard InChI is InChI=1S/C22H23N3O4S/c1-3-15-9-11-16(12-10-15)13-20-24-25-22(29-20)30-14-19(26)23-18-8-6-5-7-17(18)21(27)28-4-2/h5-12H,3-4,13-14H2,1-2H3,(H,23,26). The predicted octanol–water partition coefficient (Wildman–Crippen LogP) is 4.13. The molecule has 1 heterocycles. The Morgan fingerprint density at radius 1 is 1.03 bits per heavy atom. The number of hydrogen-bond donors (Lipinski definition) is 1. The first-order valence-corrected chi connectivity index (χ1v) is 10.7. The molecule has 0 saturated heterocycles. The quantitative estimate of drug-likeness (QED) is 0.407. The molecule has 0 fully saturated rings. The number of ether oxygens (including phenoxy) is 1. The molecule has 0 spiro atoms. The molecule has 7 nitrogen and oxygen atoms in total. The highest BCUT2D eigenvalue weighted by molar-refractivity contribution is 7.99. The van der Waals surface area contributed by atoms with Crippen molar-refractivity contribution in [3.05, 3.63) is 71.1 Å². The van der Waals surface area contributed by atoms with Crippen molar-refractivity contribution in [1.82, 2.24) is 10.2 Å². The Morgan fingerprint density at radius 3 is 2.50 bits per heavy atom. The number of amides is 1. The van der Waals surface area contributed by atoms with Crippen LogP contribution in [0.1, 0.15) is 41.2 Å². The average molecular weight is 426 g/mol. The van der Waals surface area contributed by atoms with Crippen LogP contribution >= 0.6 is 11.8 Å². The van der Waals surface area contributed by atoms with E-state index in [1.165, 1.54) is 5.56 Å². The van der Waals surface area contributed by atoms with Crippen molar-refractivity contribution in [2.45, 2.75) is 31.9 Å². The molecule has 30 heavy (non-hydrogen) atoms. The lowest BCUT2D eigenvalue weighted by Gasteiger charge is -2.09. The van der Waals surface area contributed by atoms with Crippen molar-refractivity contribution in [2.75, 3.05) is 17.7 Å². The van der Waals surface area contributed by atoms with E-state index in [0.717, 1.165) is 23.7 Å². The number of rotatable bonds is 9. The van der Waals surface area contributed by atoms with Gasteiger partial charge in [-0.3, -0.25) is 4.79 Å². The van der Waals surface area contributed by atoms with Gasteiger partial charge in [0.2, 0.25) is 11.8 Å². The van der Waals surface area contributed by atoms with Crippen LogP contribution in [-0.2, 0) is 22.4 Å². The molecule has 2 aromatic carbocycles. The Labute approximate surface area is 179 Å². The normalized spacial score (nSPS) is 10.6. The van der Waals surface area contributed by atoms with Gasteiger partial charge in [-0.1, -0.05) is 55.1 Å². The average Bonchev–Trinajstić information content (AvgIpc) is 3.20. The third kappa shape index (κ3) is 5.93. The van der Waals surface area contributed by atoms with Gasteiger partial charge in [-0.25, -0.2) is 4.79 Å². The molecule has 0 radical (unpaired) electrons. The molecule has 0 unspecified atom stereocenters. The summed E-state index contributed by atoms with van der Waals surface area (Å²) in [7, 11) is 0. The number of thioether (sulfide) groups is 1. The molecular formula is C22H23N3O4S. The Bertz CT molecular complexity index is 1000. The van der Waals surface area contributed by atoms with Crippen LogP contribution in [0.25, 0.3) is 0 Å². The smallest absolute Gasteiger partial charge is 0.340 e. The van der Waals surface area contributed by atoms with Crippen LogP contribution in [0, 0.1) is 0 Å². The van der Waals surface area contributed by atoms with Gasteiger partial charge in [0.05, 0.1) is 30.0 Å². The molecule has 0 aliphatic rings. The van der Waals surface area contributed by atoms with E-state index in [0.29, 0.717) is 28.8 Å². The second-order valence-electron chi connectivity index (χ2n) is 6.41. The molecule has 0 aliphatic heterocycles. The third-order valence-corrected chi connectivity index (χ3v) is 5.08. The highest BCUT2D eigenvalue weighted by atomic mass is 32.2. The fraction of sp³-hybridized carbons (Fsp3) is 0.273. The van der Waals surface area contributed by atoms with E-state index in [9.17, 15) is 9.59 Å². The summed E-state index contributed by atoms with van der Waals surface area (Å²) in [5, 5.41) is 11.1. The summed E-state index contributed by atoms with van der Waals surface area (Å²) in [6.07, 6.45) is 1.53. The lowest BCUT2D eigenvalue weighted by molar-refractivity contribution is -0.113. The maximum atomic E-state index is 12.3. The van der Waals surface area contributed by atoms with Gasteiger partial charge in [0.1, 0.15) is 0 Å². The number of benzene rings is 2. The minimum absolute atomic E-state index is 0.0734. The Morgan fingerprint density at radius 2 is 1.77 bits per heavy atom. The monoisotopic (exact) mass is 425 g/mol. The highest BCUT2D eigenvalue weighted by Gasteiger charge is 2.15. The number of para-hydroxylation sites is 1. The van der Waals surface area contributed by atoms with Gasteiger partial charge < -0.3 is 14.5 Å². The molecule has 1 amide bonds. The van der Waals surface area contributed by atoms with Crippen LogP contribution in [0.15, 0.2) is 58.2 Å². The second kappa shape index (κ2) is 10.6. The van der Waals surface area contributed by atoms with Gasteiger partial charge in [-0.2, -0.15) is 0 Å². The van der Waals surface area contributed by atoms with Crippen molar-refractivity contribution in [2.24, 2.45) is 0 Å². The first kappa shape index (κ1) is 21.6. The Hall–Kier alpha value is -3.13. The Balaban J connectivity index is 1.54. The summed E-state index contributed by atoms with van der Waals surface area (Å²) in [6, 6.07) is 15.0.